The zero-order chi connectivity index (χ0) is 8.15. The van der Waals surface area contributed by atoms with Gasteiger partial charge in [-0.25, -0.2) is 0 Å². The van der Waals surface area contributed by atoms with Gasteiger partial charge in [0.2, 0.25) is 0 Å². The molecule has 0 spiro atoms. The largest absolute Gasteiger partial charge is 0.399 e. The number of hydrogen-bond donors (Lipinski definition) is 1. The number of nitrogens with zero attached hydrogens (tertiary/aromatic N) is 1. The lowest BCUT2D eigenvalue weighted by Crippen LogP contribution is -1.95. The first-order valence-electron chi connectivity index (χ1n) is 2.80. The van der Waals surface area contributed by atoms with E-state index in [9.17, 15) is 0 Å². The average Bonchev–Trinajstić information content (AvgIpc) is 1.87. The zero-order valence-corrected chi connectivity index (χ0v) is 6.02. The van der Waals surface area contributed by atoms with Crippen molar-refractivity contribution in [2.75, 3.05) is 0 Å². The van der Waals surface area contributed by atoms with E-state index in [1.165, 1.54) is 0 Å². The second-order valence-electron chi connectivity index (χ2n) is 1.99. The SMILES string of the molecule is C=C(C#N)/C=C(/C)C(=C)N. The fourth-order valence-electron chi connectivity index (χ4n) is 0.386. The van der Waals surface area contributed by atoms with Crippen molar-refractivity contribution in [1.82, 2.24) is 0 Å². The quantitative estimate of drug-likeness (QED) is 0.459. The van der Waals surface area contributed by atoms with Crippen LogP contribution in [0.25, 0.3) is 0 Å². The van der Waals surface area contributed by atoms with Gasteiger partial charge in [-0.05, 0) is 18.6 Å². The van der Waals surface area contributed by atoms with Crippen molar-refractivity contribution in [1.29, 1.82) is 5.26 Å². The summed E-state index contributed by atoms with van der Waals surface area (Å²) < 4.78 is 0. The molecule has 0 bridgehead atoms. The summed E-state index contributed by atoms with van der Waals surface area (Å²) in [5.74, 6) is 0. The highest BCUT2D eigenvalue weighted by molar-refractivity contribution is 5.37. The molecule has 0 unspecified atom stereocenters. The summed E-state index contributed by atoms with van der Waals surface area (Å²) in [5.41, 5.74) is 6.97. The molecule has 0 aromatic carbocycles. The van der Waals surface area contributed by atoms with E-state index in [1.807, 2.05) is 6.07 Å². The van der Waals surface area contributed by atoms with Crippen LogP contribution in [-0.2, 0) is 0 Å². The zero-order valence-electron chi connectivity index (χ0n) is 6.02. The number of rotatable bonds is 2. The highest BCUT2D eigenvalue weighted by Crippen LogP contribution is 2.03. The predicted octanol–water partition coefficient (Wildman–Crippen LogP) is 1.48. The Morgan fingerprint density at radius 3 is 2.40 bits per heavy atom. The third kappa shape index (κ3) is 2.73. The fraction of sp³-hybridized carbons (Fsp3) is 0.125. The molecule has 0 heterocycles. The lowest BCUT2D eigenvalue weighted by atomic mass is 10.2. The molecule has 0 fully saturated rings. The summed E-state index contributed by atoms with van der Waals surface area (Å²) in [5, 5.41) is 8.30. The minimum atomic E-state index is 0.393. The molecular formula is C8H10N2. The van der Waals surface area contributed by atoms with Crippen LogP contribution in [0.1, 0.15) is 6.92 Å². The molecule has 2 heteroatoms. The van der Waals surface area contributed by atoms with Crippen molar-refractivity contribution in [3.8, 4) is 6.07 Å². The lowest BCUT2D eigenvalue weighted by Gasteiger charge is -1.95. The third-order valence-electron chi connectivity index (χ3n) is 1.04. The summed E-state index contributed by atoms with van der Waals surface area (Å²) in [7, 11) is 0. The summed E-state index contributed by atoms with van der Waals surface area (Å²) in [4.78, 5) is 0. The first kappa shape index (κ1) is 8.51. The van der Waals surface area contributed by atoms with Gasteiger partial charge in [0.1, 0.15) is 0 Å². The van der Waals surface area contributed by atoms with Gasteiger partial charge < -0.3 is 5.73 Å². The van der Waals surface area contributed by atoms with Gasteiger partial charge in [-0.15, -0.1) is 0 Å². The second kappa shape index (κ2) is 3.52. The van der Waals surface area contributed by atoms with Crippen LogP contribution < -0.4 is 5.73 Å². The molecule has 0 saturated carbocycles. The maximum atomic E-state index is 8.30. The van der Waals surface area contributed by atoms with Gasteiger partial charge in [-0.2, -0.15) is 5.26 Å². The van der Waals surface area contributed by atoms with E-state index in [0.29, 0.717) is 11.3 Å². The molecule has 0 saturated heterocycles. The predicted molar refractivity (Wildman–Crippen MR) is 41.8 cm³/mol. The number of allylic oxidation sites excluding steroid dienone is 3. The molecule has 2 nitrogen and oxygen atoms in total. The minimum absolute atomic E-state index is 0.393. The molecule has 0 radical (unpaired) electrons. The van der Waals surface area contributed by atoms with Crippen molar-refractivity contribution in [2.24, 2.45) is 5.73 Å². The maximum absolute atomic E-state index is 8.30. The van der Waals surface area contributed by atoms with Crippen LogP contribution in [0.4, 0.5) is 0 Å². The standard InChI is InChI=1S/C8H10N2/c1-6(5-9)4-7(2)8(3)10/h4H,1,3,10H2,2H3/b7-4-. The van der Waals surface area contributed by atoms with Crippen molar-refractivity contribution in [3.63, 3.8) is 0 Å². The van der Waals surface area contributed by atoms with Crippen LogP contribution in [0.15, 0.2) is 36.1 Å². The monoisotopic (exact) mass is 134 g/mol. The normalized spacial score (nSPS) is 10.2. The van der Waals surface area contributed by atoms with Crippen molar-refractivity contribution in [2.45, 2.75) is 6.92 Å². The maximum Gasteiger partial charge on any atom is 0.0985 e. The van der Waals surface area contributed by atoms with Gasteiger partial charge in [0.25, 0.3) is 0 Å². The van der Waals surface area contributed by atoms with E-state index in [4.69, 9.17) is 11.0 Å². The first-order valence-corrected chi connectivity index (χ1v) is 2.80. The third-order valence-corrected chi connectivity index (χ3v) is 1.04. The Morgan fingerprint density at radius 1 is 1.60 bits per heavy atom. The van der Waals surface area contributed by atoms with Crippen molar-refractivity contribution in [3.05, 3.63) is 36.1 Å². The Balaban J connectivity index is 4.35. The summed E-state index contributed by atoms with van der Waals surface area (Å²) in [6, 6.07) is 1.88. The minimum Gasteiger partial charge on any atom is -0.399 e. The van der Waals surface area contributed by atoms with Crippen LogP contribution in [0.3, 0.4) is 0 Å². The molecule has 0 aliphatic carbocycles. The van der Waals surface area contributed by atoms with E-state index < -0.39 is 0 Å². The van der Waals surface area contributed by atoms with Crippen molar-refractivity contribution >= 4 is 0 Å². The van der Waals surface area contributed by atoms with Gasteiger partial charge in [0, 0.05) is 11.3 Å². The lowest BCUT2D eigenvalue weighted by molar-refractivity contribution is 1.30. The highest BCUT2D eigenvalue weighted by Gasteiger charge is 1.90. The Bertz CT molecular complexity index is 228. The fourth-order valence-corrected chi connectivity index (χ4v) is 0.386. The molecule has 0 atom stereocenters. The van der Waals surface area contributed by atoms with Crippen molar-refractivity contribution < 1.29 is 0 Å². The van der Waals surface area contributed by atoms with Crippen LogP contribution in [0.5, 0.6) is 0 Å². The molecule has 2 N–H and O–H groups in total. The van der Waals surface area contributed by atoms with E-state index in [0.717, 1.165) is 5.57 Å². The van der Waals surface area contributed by atoms with Gasteiger partial charge in [-0.3, -0.25) is 0 Å². The Labute approximate surface area is 61.0 Å². The van der Waals surface area contributed by atoms with Crippen LogP contribution in [0, 0.1) is 11.3 Å². The summed E-state index contributed by atoms with van der Waals surface area (Å²) >= 11 is 0. The molecule has 10 heavy (non-hydrogen) atoms. The molecule has 0 rings (SSSR count). The topological polar surface area (TPSA) is 49.8 Å². The Hall–Kier alpha value is -1.49. The highest BCUT2D eigenvalue weighted by atomic mass is 14.6. The van der Waals surface area contributed by atoms with E-state index in [1.54, 1.807) is 13.0 Å². The van der Waals surface area contributed by atoms with Gasteiger partial charge in [0.05, 0.1) is 6.07 Å². The van der Waals surface area contributed by atoms with E-state index >= 15 is 0 Å². The van der Waals surface area contributed by atoms with Gasteiger partial charge in [-0.1, -0.05) is 13.2 Å². The summed E-state index contributed by atoms with van der Waals surface area (Å²) in [6.45, 7) is 8.75. The smallest absolute Gasteiger partial charge is 0.0985 e. The number of hydrogen-bond acceptors (Lipinski definition) is 2. The first-order chi connectivity index (χ1) is 4.57. The number of nitrogens with two attached hydrogens (primary N) is 1. The van der Waals surface area contributed by atoms with Crippen LogP contribution in [-0.4, -0.2) is 0 Å². The Morgan fingerprint density at radius 2 is 2.10 bits per heavy atom. The summed E-state index contributed by atoms with van der Waals surface area (Å²) in [6.07, 6.45) is 1.60. The molecule has 0 aliphatic heterocycles. The molecule has 0 aromatic heterocycles. The molecule has 0 aliphatic rings. The van der Waals surface area contributed by atoms with E-state index in [-0.39, 0.29) is 0 Å². The second-order valence-corrected chi connectivity index (χ2v) is 1.99. The molecular weight excluding hydrogens is 124 g/mol. The van der Waals surface area contributed by atoms with Gasteiger partial charge in [0.15, 0.2) is 0 Å². The molecule has 0 amide bonds. The average molecular weight is 134 g/mol. The molecule has 52 valence electrons. The van der Waals surface area contributed by atoms with Gasteiger partial charge >= 0.3 is 0 Å². The molecule has 0 aromatic rings. The Kier molecular flexibility index (Phi) is 2.99. The van der Waals surface area contributed by atoms with Crippen LogP contribution >= 0.6 is 0 Å². The van der Waals surface area contributed by atoms with Crippen LogP contribution in [0.2, 0.25) is 0 Å². The number of nitriles is 1. The van der Waals surface area contributed by atoms with E-state index in [2.05, 4.69) is 13.2 Å².